The standard InChI is InChI=1S/C29H32NS.C13H24O2.Ir/c1-18-9-19(2)11-20(10-18)25-14-22-15-26(31-27(22)17-30-25)21-12-23(28(3,4)5)16-24(13-21)29(6,7)8;1-5-10(6-2)12(14)9-13(15)11(7-3)8-4;/h9-10,12-17H,1-8H3;9-11,14H,5-8H2,1-4H3;/q-1;;/b;12-9-;. The van der Waals surface area contributed by atoms with E-state index in [1.54, 1.807) is 0 Å². The summed E-state index contributed by atoms with van der Waals surface area (Å²) in [5.74, 6) is 0.547. The van der Waals surface area contributed by atoms with Gasteiger partial charge >= 0.3 is 0 Å². The number of allylic oxidation sites excluding steroid dienone is 2. The van der Waals surface area contributed by atoms with E-state index in [0.717, 1.165) is 42.5 Å². The number of carbonyl (C=O) groups excluding carboxylic acids is 1. The van der Waals surface area contributed by atoms with Crippen molar-refractivity contribution < 1.29 is 30.0 Å². The first kappa shape index (κ1) is 40.6. The summed E-state index contributed by atoms with van der Waals surface area (Å²) in [6.45, 7) is 26.0. The van der Waals surface area contributed by atoms with Gasteiger partial charge in [-0.2, -0.15) is 0 Å². The number of pyridine rings is 1. The number of aliphatic hydroxyl groups excluding tert-OH is 1. The molecule has 0 saturated carbocycles. The van der Waals surface area contributed by atoms with Gasteiger partial charge < -0.3 is 10.1 Å². The minimum Gasteiger partial charge on any atom is -0.512 e. The smallest absolute Gasteiger partial charge is 0.162 e. The van der Waals surface area contributed by atoms with E-state index < -0.39 is 0 Å². The maximum atomic E-state index is 11.7. The molecule has 0 unspecified atom stereocenters. The minimum atomic E-state index is 0. The van der Waals surface area contributed by atoms with E-state index in [1.165, 1.54) is 43.3 Å². The first-order valence-electron chi connectivity index (χ1n) is 17.0. The van der Waals surface area contributed by atoms with Gasteiger partial charge in [0.2, 0.25) is 0 Å². The zero-order valence-corrected chi connectivity index (χ0v) is 33.9. The van der Waals surface area contributed by atoms with Crippen molar-refractivity contribution in [3.05, 3.63) is 88.8 Å². The van der Waals surface area contributed by atoms with Gasteiger partial charge in [0, 0.05) is 49.1 Å². The van der Waals surface area contributed by atoms with Crippen molar-refractivity contribution in [2.24, 2.45) is 11.8 Å². The van der Waals surface area contributed by atoms with E-state index in [1.807, 2.05) is 45.2 Å². The molecule has 5 heteroatoms. The second-order valence-corrected chi connectivity index (χ2v) is 15.9. The number of carbonyl (C=O) groups is 1. The number of hydrogen-bond donors (Lipinski definition) is 1. The van der Waals surface area contributed by atoms with Crippen molar-refractivity contribution in [2.75, 3.05) is 0 Å². The summed E-state index contributed by atoms with van der Waals surface area (Å²) >= 11 is 1.83. The average molecular weight is 831 g/mol. The summed E-state index contributed by atoms with van der Waals surface area (Å²) in [6, 6.07) is 19.4. The summed E-state index contributed by atoms with van der Waals surface area (Å²) in [7, 11) is 0. The van der Waals surface area contributed by atoms with E-state index in [2.05, 4.69) is 104 Å². The average Bonchev–Trinajstić information content (AvgIpc) is 3.41. The second kappa shape index (κ2) is 17.2. The van der Waals surface area contributed by atoms with E-state index in [-0.39, 0.29) is 54.3 Å². The number of fused-ring (bicyclic) bond motifs is 1. The fourth-order valence-electron chi connectivity index (χ4n) is 5.68. The first-order chi connectivity index (χ1) is 21.5. The van der Waals surface area contributed by atoms with E-state index in [0.29, 0.717) is 0 Å². The van der Waals surface area contributed by atoms with Crippen LogP contribution in [0.5, 0.6) is 0 Å². The molecule has 3 nitrogen and oxygen atoms in total. The number of nitrogens with zero attached hydrogens (tertiary/aromatic N) is 1. The number of hydrogen-bond acceptors (Lipinski definition) is 4. The van der Waals surface area contributed by atoms with Gasteiger partial charge in [0.15, 0.2) is 5.78 Å². The van der Waals surface area contributed by atoms with E-state index in [4.69, 9.17) is 4.98 Å². The van der Waals surface area contributed by atoms with Gasteiger partial charge in [-0.25, -0.2) is 0 Å². The van der Waals surface area contributed by atoms with Gasteiger partial charge in [-0.05, 0) is 82.5 Å². The molecule has 0 aliphatic carbocycles. The van der Waals surface area contributed by atoms with Crippen molar-refractivity contribution in [3.8, 4) is 21.7 Å². The van der Waals surface area contributed by atoms with Crippen LogP contribution < -0.4 is 0 Å². The van der Waals surface area contributed by atoms with Gasteiger partial charge in [0.1, 0.15) is 0 Å². The Balaban J connectivity index is 0.000000410. The quantitative estimate of drug-likeness (QED) is 0.104. The van der Waals surface area contributed by atoms with Crippen molar-refractivity contribution in [3.63, 3.8) is 0 Å². The molecule has 257 valence electrons. The van der Waals surface area contributed by atoms with Gasteiger partial charge in [-0.3, -0.25) is 4.79 Å². The zero-order valence-electron chi connectivity index (χ0n) is 30.7. The van der Waals surface area contributed by atoms with Crippen LogP contribution in [0.25, 0.3) is 31.8 Å². The fraction of sp³-hybridized carbons (Fsp3) is 0.476. The van der Waals surface area contributed by atoms with Crippen LogP contribution in [0.1, 0.15) is 117 Å². The van der Waals surface area contributed by atoms with Crippen molar-refractivity contribution in [2.45, 2.75) is 120 Å². The topological polar surface area (TPSA) is 50.2 Å². The Morgan fingerprint density at radius 1 is 0.830 bits per heavy atom. The number of ketones is 1. The summed E-state index contributed by atoms with van der Waals surface area (Å²) < 4.78 is 1.22. The maximum absolute atomic E-state index is 11.7. The second-order valence-electron chi connectivity index (χ2n) is 14.8. The molecule has 0 fully saturated rings. The van der Waals surface area contributed by atoms with Crippen molar-refractivity contribution >= 4 is 27.2 Å². The SMILES string of the molecule is CCC(CC)C(=O)/C=C(\O)C(CC)CC.Cc1[c-]c(-c2cc3cc(-c4cc(C(C)(C)C)cc(C(C)(C)C)c4)sc3cn2)cc(C)c1.[Ir]. The van der Waals surface area contributed by atoms with E-state index >= 15 is 0 Å². The van der Waals surface area contributed by atoms with Crippen LogP contribution in [0.4, 0.5) is 0 Å². The Morgan fingerprint density at radius 3 is 1.87 bits per heavy atom. The van der Waals surface area contributed by atoms with Crippen molar-refractivity contribution in [1.29, 1.82) is 0 Å². The molecule has 47 heavy (non-hydrogen) atoms. The van der Waals surface area contributed by atoms with Gasteiger partial charge in [0.05, 0.1) is 10.5 Å². The summed E-state index contributed by atoms with van der Waals surface area (Å²) in [4.78, 5) is 17.8. The van der Waals surface area contributed by atoms with E-state index in [9.17, 15) is 9.90 Å². The van der Waals surface area contributed by atoms with Crippen LogP contribution in [-0.4, -0.2) is 15.9 Å². The molecule has 0 bridgehead atoms. The van der Waals surface area contributed by atoms with Crippen LogP contribution >= 0.6 is 11.3 Å². The number of benzene rings is 2. The first-order valence-corrected chi connectivity index (χ1v) is 17.8. The molecule has 0 spiro atoms. The van der Waals surface area contributed by atoms with Crippen LogP contribution in [0.3, 0.4) is 0 Å². The number of aromatic nitrogens is 1. The predicted octanol–water partition coefficient (Wildman–Crippen LogP) is 12.5. The Morgan fingerprint density at radius 2 is 1.38 bits per heavy atom. The molecule has 4 aromatic rings. The number of aliphatic hydroxyl groups is 1. The predicted molar refractivity (Wildman–Crippen MR) is 200 cm³/mol. The fourth-order valence-corrected chi connectivity index (χ4v) is 6.68. The zero-order chi connectivity index (χ0) is 34.4. The summed E-state index contributed by atoms with van der Waals surface area (Å²) in [5.41, 5.74) is 8.74. The van der Waals surface area contributed by atoms with Gasteiger partial charge in [-0.15, -0.1) is 46.2 Å². The van der Waals surface area contributed by atoms with Crippen LogP contribution in [0.15, 0.2) is 60.5 Å². The molecular formula is C42H56IrNO2S-. The third-order valence-electron chi connectivity index (χ3n) is 8.86. The molecule has 2 aromatic carbocycles. The molecule has 1 N–H and O–H groups in total. The molecular weight excluding hydrogens is 775 g/mol. The molecule has 0 saturated heterocycles. The van der Waals surface area contributed by atoms with Crippen molar-refractivity contribution in [1.82, 2.24) is 4.98 Å². The molecule has 0 aliphatic rings. The molecule has 2 heterocycles. The number of rotatable bonds is 9. The monoisotopic (exact) mass is 831 g/mol. The van der Waals surface area contributed by atoms with Crippen LogP contribution in [0.2, 0.25) is 0 Å². The molecule has 0 amide bonds. The Bertz CT molecular complexity index is 1610. The summed E-state index contributed by atoms with van der Waals surface area (Å²) in [5, 5.41) is 11.0. The number of thiophene rings is 1. The molecule has 0 aliphatic heterocycles. The Labute approximate surface area is 302 Å². The van der Waals surface area contributed by atoms with Crippen LogP contribution in [-0.2, 0) is 35.7 Å². The summed E-state index contributed by atoms with van der Waals surface area (Å²) in [6.07, 6.45) is 6.92. The third kappa shape index (κ3) is 11.0. The third-order valence-corrected chi connectivity index (χ3v) is 9.99. The largest absolute Gasteiger partial charge is 0.512 e. The minimum absolute atomic E-state index is 0. The van der Waals surface area contributed by atoms with Gasteiger partial charge in [0.25, 0.3) is 0 Å². The molecule has 0 atom stereocenters. The van der Waals surface area contributed by atoms with Gasteiger partial charge in [-0.1, -0.05) is 95.2 Å². The molecule has 1 radical (unpaired) electrons. The van der Waals surface area contributed by atoms with Crippen LogP contribution in [0, 0.1) is 31.7 Å². The Hall–Kier alpha value is -2.59. The molecule has 4 rings (SSSR count). The normalized spacial score (nSPS) is 12.3. The number of aryl methyl sites for hydroxylation is 2. The Kier molecular flexibility index (Phi) is 14.8. The maximum Gasteiger partial charge on any atom is 0.162 e. The molecule has 2 aromatic heterocycles.